The molecule has 34 heavy (non-hydrogen) atoms. The number of hydrogen-bond donors (Lipinski definition) is 1. The van der Waals surface area contributed by atoms with E-state index in [-0.39, 0.29) is 17.4 Å². The van der Waals surface area contributed by atoms with Crippen LogP contribution in [-0.4, -0.2) is 58.1 Å². The van der Waals surface area contributed by atoms with Crippen LogP contribution in [0.15, 0.2) is 83.8 Å². The Labute approximate surface area is 199 Å². The summed E-state index contributed by atoms with van der Waals surface area (Å²) < 4.78 is 43.5. The zero-order valence-electron chi connectivity index (χ0n) is 18.6. The first-order valence-electron chi connectivity index (χ1n) is 10.9. The van der Waals surface area contributed by atoms with E-state index in [0.29, 0.717) is 49.9 Å². The Morgan fingerprint density at radius 2 is 1.50 bits per heavy atom. The predicted molar refractivity (Wildman–Crippen MR) is 128 cm³/mol. The predicted octanol–water partition coefficient (Wildman–Crippen LogP) is 3.42. The Morgan fingerprint density at radius 1 is 0.853 bits per heavy atom. The van der Waals surface area contributed by atoms with E-state index in [0.717, 1.165) is 5.75 Å². The molecule has 0 aromatic heterocycles. The van der Waals surface area contributed by atoms with E-state index < -0.39 is 10.0 Å². The molecule has 0 aliphatic carbocycles. The Balaban J connectivity index is 1.36. The van der Waals surface area contributed by atoms with Gasteiger partial charge in [-0.1, -0.05) is 30.3 Å². The molecule has 1 N–H and O–H groups in total. The molecule has 9 heteroatoms. The lowest BCUT2D eigenvalue weighted by Crippen LogP contribution is -2.40. The highest BCUT2D eigenvalue weighted by Gasteiger charge is 2.26. The zero-order chi connectivity index (χ0) is 23.8. The quantitative estimate of drug-likeness (QED) is 0.470. The summed E-state index contributed by atoms with van der Waals surface area (Å²) in [5.74, 6) is 0.822. The number of carbonyl (C=O) groups is 1. The summed E-state index contributed by atoms with van der Waals surface area (Å²) in [7, 11) is -3.59. The minimum absolute atomic E-state index is 0.176. The van der Waals surface area contributed by atoms with E-state index in [9.17, 15) is 13.2 Å². The van der Waals surface area contributed by atoms with E-state index in [2.05, 4.69) is 5.32 Å². The van der Waals surface area contributed by atoms with Crippen LogP contribution in [0, 0.1) is 0 Å². The second-order valence-electron chi connectivity index (χ2n) is 7.50. The third kappa shape index (κ3) is 5.93. The number of para-hydroxylation sites is 2. The smallest absolute Gasteiger partial charge is 0.259 e. The summed E-state index contributed by atoms with van der Waals surface area (Å²) in [6, 6.07) is 22.5. The topological polar surface area (TPSA) is 94.2 Å². The first-order valence-corrected chi connectivity index (χ1v) is 12.4. The number of amides is 1. The van der Waals surface area contributed by atoms with Crippen molar-refractivity contribution in [2.45, 2.75) is 4.90 Å². The van der Waals surface area contributed by atoms with E-state index in [4.69, 9.17) is 14.2 Å². The van der Waals surface area contributed by atoms with E-state index in [1.807, 2.05) is 30.3 Å². The first kappa shape index (κ1) is 23.7. The number of ether oxygens (including phenoxy) is 3. The number of carbonyl (C=O) groups excluding carboxylic acids is 1. The average Bonchev–Trinajstić information content (AvgIpc) is 2.88. The molecule has 1 fully saturated rings. The van der Waals surface area contributed by atoms with Crippen molar-refractivity contribution in [3.8, 4) is 11.5 Å². The Hall–Kier alpha value is -3.40. The van der Waals surface area contributed by atoms with Gasteiger partial charge in [-0.3, -0.25) is 4.79 Å². The Bertz CT molecular complexity index is 1190. The van der Waals surface area contributed by atoms with Gasteiger partial charge in [0.25, 0.3) is 5.91 Å². The SMILES string of the molecule is O=C(Nc1ccc(S(=O)(=O)N2CCOCC2)cc1)c1ccccc1OCCOc1ccccc1. The van der Waals surface area contributed by atoms with Crippen LogP contribution >= 0.6 is 0 Å². The Morgan fingerprint density at radius 3 is 2.24 bits per heavy atom. The van der Waals surface area contributed by atoms with Gasteiger partial charge in [-0.05, 0) is 48.5 Å². The van der Waals surface area contributed by atoms with Crippen LogP contribution in [0.5, 0.6) is 11.5 Å². The van der Waals surface area contributed by atoms with Gasteiger partial charge in [0, 0.05) is 18.8 Å². The van der Waals surface area contributed by atoms with Crippen LogP contribution in [0.3, 0.4) is 0 Å². The van der Waals surface area contributed by atoms with Crippen molar-refractivity contribution < 1.29 is 27.4 Å². The molecule has 0 atom stereocenters. The van der Waals surface area contributed by atoms with Gasteiger partial charge in [0.05, 0.1) is 23.7 Å². The van der Waals surface area contributed by atoms with Gasteiger partial charge < -0.3 is 19.5 Å². The monoisotopic (exact) mass is 482 g/mol. The summed E-state index contributed by atoms with van der Waals surface area (Å²) in [6.07, 6.45) is 0. The molecule has 1 amide bonds. The van der Waals surface area contributed by atoms with Crippen molar-refractivity contribution >= 4 is 21.6 Å². The molecule has 0 saturated carbocycles. The maximum atomic E-state index is 12.9. The number of rotatable bonds is 9. The minimum atomic E-state index is -3.59. The highest BCUT2D eigenvalue weighted by Crippen LogP contribution is 2.22. The molecule has 178 valence electrons. The first-order chi connectivity index (χ1) is 16.5. The Kier molecular flexibility index (Phi) is 7.79. The van der Waals surface area contributed by atoms with Crippen molar-refractivity contribution in [1.29, 1.82) is 0 Å². The van der Waals surface area contributed by atoms with Crippen molar-refractivity contribution in [2.24, 2.45) is 0 Å². The van der Waals surface area contributed by atoms with E-state index in [1.165, 1.54) is 16.4 Å². The summed E-state index contributed by atoms with van der Waals surface area (Å²) >= 11 is 0. The van der Waals surface area contributed by atoms with Crippen molar-refractivity contribution in [3.63, 3.8) is 0 Å². The zero-order valence-corrected chi connectivity index (χ0v) is 19.4. The van der Waals surface area contributed by atoms with Gasteiger partial charge in [-0.25, -0.2) is 8.42 Å². The lowest BCUT2D eigenvalue weighted by Gasteiger charge is -2.26. The number of hydrogen-bond acceptors (Lipinski definition) is 6. The van der Waals surface area contributed by atoms with Crippen LogP contribution in [0.1, 0.15) is 10.4 Å². The fraction of sp³-hybridized carbons (Fsp3) is 0.240. The molecule has 1 aliphatic rings. The van der Waals surface area contributed by atoms with Crippen LogP contribution in [0.4, 0.5) is 5.69 Å². The summed E-state index contributed by atoms with van der Waals surface area (Å²) in [5.41, 5.74) is 0.848. The second-order valence-corrected chi connectivity index (χ2v) is 9.44. The maximum Gasteiger partial charge on any atom is 0.259 e. The number of morpholine rings is 1. The normalized spacial score (nSPS) is 14.4. The molecule has 0 bridgehead atoms. The molecule has 1 saturated heterocycles. The molecule has 3 aromatic carbocycles. The molecule has 3 aromatic rings. The summed E-state index contributed by atoms with van der Waals surface area (Å²) in [4.78, 5) is 13.0. The van der Waals surface area contributed by atoms with E-state index in [1.54, 1.807) is 36.4 Å². The largest absolute Gasteiger partial charge is 0.490 e. The third-order valence-corrected chi connectivity index (χ3v) is 7.12. The molecular formula is C25H26N2O6S. The van der Waals surface area contributed by atoms with Gasteiger partial charge in [-0.15, -0.1) is 0 Å². The van der Waals surface area contributed by atoms with Crippen LogP contribution in [0.25, 0.3) is 0 Å². The highest BCUT2D eigenvalue weighted by molar-refractivity contribution is 7.89. The highest BCUT2D eigenvalue weighted by atomic mass is 32.2. The molecule has 0 radical (unpaired) electrons. The van der Waals surface area contributed by atoms with Crippen LogP contribution in [-0.2, 0) is 14.8 Å². The molecule has 8 nitrogen and oxygen atoms in total. The average molecular weight is 483 g/mol. The van der Waals surface area contributed by atoms with Gasteiger partial charge in [-0.2, -0.15) is 4.31 Å². The molecule has 1 heterocycles. The fourth-order valence-corrected chi connectivity index (χ4v) is 4.86. The molecule has 4 rings (SSSR count). The van der Waals surface area contributed by atoms with E-state index >= 15 is 0 Å². The summed E-state index contributed by atoms with van der Waals surface area (Å²) in [5, 5.41) is 2.79. The third-order valence-electron chi connectivity index (χ3n) is 5.20. The number of sulfonamides is 1. The van der Waals surface area contributed by atoms with Gasteiger partial charge in [0.2, 0.25) is 10.0 Å². The van der Waals surface area contributed by atoms with Crippen molar-refractivity contribution in [3.05, 3.63) is 84.4 Å². The second kappa shape index (κ2) is 11.1. The number of nitrogens with zero attached hydrogens (tertiary/aromatic N) is 1. The minimum Gasteiger partial charge on any atom is -0.490 e. The van der Waals surface area contributed by atoms with Gasteiger partial charge >= 0.3 is 0 Å². The number of anilines is 1. The lowest BCUT2D eigenvalue weighted by molar-refractivity contribution is 0.0730. The number of benzene rings is 3. The summed E-state index contributed by atoms with van der Waals surface area (Å²) in [6.45, 7) is 2.02. The molecule has 0 spiro atoms. The van der Waals surface area contributed by atoms with Crippen LogP contribution < -0.4 is 14.8 Å². The standard InChI is InChI=1S/C25H26N2O6S/c28-25(23-8-4-5-9-24(23)33-19-18-32-21-6-2-1-3-7-21)26-20-10-12-22(13-11-20)34(29,30)27-14-16-31-17-15-27/h1-13H,14-19H2,(H,26,28). The number of nitrogens with one attached hydrogen (secondary N) is 1. The van der Waals surface area contributed by atoms with Crippen molar-refractivity contribution in [2.75, 3.05) is 44.8 Å². The molecule has 1 aliphatic heterocycles. The van der Waals surface area contributed by atoms with Crippen molar-refractivity contribution in [1.82, 2.24) is 4.31 Å². The molecule has 0 unspecified atom stereocenters. The lowest BCUT2D eigenvalue weighted by atomic mass is 10.2. The van der Waals surface area contributed by atoms with Gasteiger partial charge in [0.15, 0.2) is 0 Å². The maximum absolute atomic E-state index is 12.9. The fourth-order valence-electron chi connectivity index (χ4n) is 3.45. The van der Waals surface area contributed by atoms with Gasteiger partial charge in [0.1, 0.15) is 24.7 Å². The van der Waals surface area contributed by atoms with Crippen LogP contribution in [0.2, 0.25) is 0 Å². The molecular weight excluding hydrogens is 456 g/mol.